The Morgan fingerprint density at radius 3 is 2.82 bits per heavy atom. The third-order valence-electron chi connectivity index (χ3n) is 6.18. The van der Waals surface area contributed by atoms with E-state index in [1.165, 1.54) is 11.4 Å². The van der Waals surface area contributed by atoms with Crippen LogP contribution in [0.5, 0.6) is 0 Å². The Morgan fingerprint density at radius 2 is 2.12 bits per heavy atom. The number of fused-ring (bicyclic) bond motifs is 2. The summed E-state index contributed by atoms with van der Waals surface area (Å²) in [5, 5.41) is 17.9. The predicted molar refractivity (Wildman–Crippen MR) is 126 cm³/mol. The molecule has 11 heteroatoms. The number of ether oxygens (including phenoxy) is 1. The van der Waals surface area contributed by atoms with Gasteiger partial charge in [0, 0.05) is 39.0 Å². The molecular weight excluding hydrogens is 458 g/mol. The van der Waals surface area contributed by atoms with Crippen LogP contribution in [-0.4, -0.2) is 82.5 Å². The van der Waals surface area contributed by atoms with E-state index in [1.54, 1.807) is 40.9 Å². The first kappa shape index (κ1) is 26.3. The van der Waals surface area contributed by atoms with Crippen LogP contribution < -0.4 is 0 Å². The summed E-state index contributed by atoms with van der Waals surface area (Å²) in [7, 11) is -2.20. The molecule has 0 radical (unpaired) electrons. The highest BCUT2D eigenvalue weighted by atomic mass is 32.2. The van der Waals surface area contributed by atoms with E-state index in [4.69, 9.17) is 4.74 Å². The molecule has 1 aromatic carbocycles. The van der Waals surface area contributed by atoms with Crippen LogP contribution in [0.15, 0.2) is 35.4 Å². The van der Waals surface area contributed by atoms with Gasteiger partial charge in [-0.25, -0.2) is 8.42 Å². The number of hydrogen-bond donors (Lipinski definition) is 1. The minimum atomic E-state index is -3.73. The first-order valence-electron chi connectivity index (χ1n) is 11.6. The van der Waals surface area contributed by atoms with Crippen molar-refractivity contribution in [1.29, 1.82) is 0 Å². The summed E-state index contributed by atoms with van der Waals surface area (Å²) in [6.07, 6.45) is 2.19. The highest BCUT2D eigenvalue weighted by Gasteiger charge is 2.31. The lowest BCUT2D eigenvalue weighted by Gasteiger charge is -2.35. The summed E-state index contributed by atoms with van der Waals surface area (Å²) in [4.78, 5) is 14.8. The second-order valence-electron chi connectivity index (χ2n) is 9.08. The minimum absolute atomic E-state index is 0.0625. The van der Waals surface area contributed by atoms with Gasteiger partial charge in [0.25, 0.3) is 0 Å². The molecule has 1 amide bonds. The summed E-state index contributed by atoms with van der Waals surface area (Å²) in [5.41, 5.74) is 1.50. The van der Waals surface area contributed by atoms with Crippen molar-refractivity contribution in [3.8, 4) is 0 Å². The molecule has 1 N–H and O–H groups in total. The fraction of sp³-hybridized carbons (Fsp3) is 0.609. The maximum absolute atomic E-state index is 13.2. The van der Waals surface area contributed by atoms with Crippen LogP contribution in [0.4, 0.5) is 0 Å². The first-order chi connectivity index (χ1) is 16.1. The molecule has 0 unspecified atom stereocenters. The van der Waals surface area contributed by atoms with Crippen molar-refractivity contribution in [2.45, 2.75) is 63.8 Å². The molecule has 2 aromatic rings. The van der Waals surface area contributed by atoms with Gasteiger partial charge in [-0.05, 0) is 38.0 Å². The zero-order valence-corrected chi connectivity index (χ0v) is 21.1. The van der Waals surface area contributed by atoms with Crippen LogP contribution in [0.1, 0.15) is 37.9 Å². The van der Waals surface area contributed by atoms with Crippen molar-refractivity contribution in [2.24, 2.45) is 5.92 Å². The molecule has 188 valence electrons. The molecule has 10 nitrogen and oxygen atoms in total. The number of aromatic nitrogens is 3. The molecule has 3 atom stereocenters. The largest absolute Gasteiger partial charge is 0.394 e. The third kappa shape index (κ3) is 6.41. The molecule has 2 bridgehead atoms. The van der Waals surface area contributed by atoms with E-state index in [0.29, 0.717) is 31.6 Å². The second-order valence-corrected chi connectivity index (χ2v) is 11.1. The Morgan fingerprint density at radius 1 is 1.35 bits per heavy atom. The summed E-state index contributed by atoms with van der Waals surface area (Å²) >= 11 is 0. The topological polar surface area (TPSA) is 118 Å². The van der Waals surface area contributed by atoms with Crippen LogP contribution in [0.25, 0.3) is 0 Å². The maximum Gasteiger partial charge on any atom is 0.242 e. The Kier molecular flexibility index (Phi) is 8.80. The van der Waals surface area contributed by atoms with Gasteiger partial charge in [0.05, 0.1) is 36.5 Å². The number of nitrogens with zero attached hydrogens (tertiary/aromatic N) is 5. The van der Waals surface area contributed by atoms with Crippen LogP contribution in [-0.2, 0) is 32.7 Å². The van der Waals surface area contributed by atoms with Gasteiger partial charge in [-0.1, -0.05) is 24.3 Å². The number of aliphatic hydroxyl groups is 1. The molecular formula is C23H35N5O5S. The number of rotatable bonds is 6. The van der Waals surface area contributed by atoms with Crippen molar-refractivity contribution >= 4 is 15.9 Å². The van der Waals surface area contributed by atoms with Crippen molar-refractivity contribution in [2.75, 3.05) is 26.7 Å². The SMILES string of the molecule is Cc1cccc(S(=O)(=O)N(C)C[C@H]2OCc3cn(nn3)CCCC(=O)N([C@H](C)CO)C[C@H]2C)c1. The van der Waals surface area contributed by atoms with Gasteiger partial charge in [-0.3, -0.25) is 9.48 Å². The minimum Gasteiger partial charge on any atom is -0.394 e. The lowest BCUT2D eigenvalue weighted by Crippen LogP contribution is -2.47. The van der Waals surface area contributed by atoms with Gasteiger partial charge in [0.2, 0.25) is 15.9 Å². The number of amides is 1. The predicted octanol–water partition coefficient (Wildman–Crippen LogP) is 1.43. The number of carbonyl (C=O) groups excluding carboxylic acids is 1. The molecule has 2 heterocycles. The van der Waals surface area contributed by atoms with E-state index in [1.807, 2.05) is 19.9 Å². The maximum atomic E-state index is 13.2. The lowest BCUT2D eigenvalue weighted by atomic mass is 10.0. The van der Waals surface area contributed by atoms with E-state index in [2.05, 4.69) is 10.3 Å². The monoisotopic (exact) mass is 493 g/mol. The number of carbonyl (C=O) groups is 1. The van der Waals surface area contributed by atoms with Crippen molar-refractivity contribution in [3.63, 3.8) is 0 Å². The normalized spacial score (nSPS) is 21.6. The Bertz CT molecular complexity index is 1070. The number of aliphatic hydroxyl groups excluding tert-OH is 1. The highest BCUT2D eigenvalue weighted by Crippen LogP contribution is 2.21. The molecule has 0 fully saturated rings. The van der Waals surface area contributed by atoms with Crippen LogP contribution in [0.3, 0.4) is 0 Å². The third-order valence-corrected chi connectivity index (χ3v) is 8.00. The number of hydrogen-bond acceptors (Lipinski definition) is 7. The average molecular weight is 494 g/mol. The molecule has 34 heavy (non-hydrogen) atoms. The van der Waals surface area contributed by atoms with Gasteiger partial charge in [-0.15, -0.1) is 5.10 Å². The summed E-state index contributed by atoms with van der Waals surface area (Å²) < 4.78 is 35.5. The number of benzene rings is 1. The smallest absolute Gasteiger partial charge is 0.242 e. The standard InChI is InChI=1S/C23H35N5O5S/c1-17-7-5-8-21(11-17)34(31,32)26(4)14-22-18(2)12-28(19(3)15-29)23(30)9-6-10-27-13-20(16-33-22)24-25-27/h5,7-8,11,13,18-19,22,29H,6,9-10,12,14-16H2,1-4H3/t18-,19-,22-/m1/s1. The molecule has 0 aliphatic carbocycles. The van der Waals surface area contributed by atoms with Gasteiger partial charge in [0.1, 0.15) is 5.69 Å². The summed E-state index contributed by atoms with van der Waals surface area (Å²) in [5.74, 6) is -0.267. The zero-order chi connectivity index (χ0) is 24.9. The molecule has 1 aliphatic heterocycles. The molecule has 0 saturated heterocycles. The lowest BCUT2D eigenvalue weighted by molar-refractivity contribution is -0.136. The van der Waals surface area contributed by atoms with Crippen LogP contribution in [0.2, 0.25) is 0 Å². The second kappa shape index (κ2) is 11.4. The Labute approximate surface area is 201 Å². The van der Waals surface area contributed by atoms with Gasteiger partial charge in [0.15, 0.2) is 0 Å². The Hall–Kier alpha value is -2.34. The fourth-order valence-corrected chi connectivity index (χ4v) is 5.29. The number of sulfonamides is 1. The van der Waals surface area contributed by atoms with Gasteiger partial charge in [-0.2, -0.15) is 4.31 Å². The highest BCUT2D eigenvalue weighted by molar-refractivity contribution is 7.89. The van der Waals surface area contributed by atoms with E-state index in [9.17, 15) is 18.3 Å². The Balaban J connectivity index is 1.86. The van der Waals surface area contributed by atoms with E-state index in [0.717, 1.165) is 5.56 Å². The van der Waals surface area contributed by atoms with Gasteiger partial charge >= 0.3 is 0 Å². The van der Waals surface area contributed by atoms with Crippen molar-refractivity contribution in [3.05, 3.63) is 41.7 Å². The summed E-state index contributed by atoms with van der Waals surface area (Å²) in [6, 6.07) is 6.43. The average Bonchev–Trinajstić information content (AvgIpc) is 3.26. The van der Waals surface area contributed by atoms with Crippen LogP contribution in [0, 0.1) is 12.8 Å². The molecule has 1 aliphatic rings. The summed E-state index contributed by atoms with van der Waals surface area (Å²) in [6.45, 7) is 6.59. The van der Waals surface area contributed by atoms with E-state index >= 15 is 0 Å². The number of aryl methyl sites for hydroxylation is 2. The van der Waals surface area contributed by atoms with E-state index < -0.39 is 16.1 Å². The molecule has 0 saturated carbocycles. The zero-order valence-electron chi connectivity index (χ0n) is 20.3. The molecule has 1 aromatic heterocycles. The fourth-order valence-electron chi connectivity index (χ4n) is 4.00. The molecule has 3 rings (SSSR count). The quantitative estimate of drug-likeness (QED) is 0.647. The van der Waals surface area contributed by atoms with E-state index in [-0.39, 0.29) is 42.5 Å². The number of likely N-dealkylation sites (N-methyl/N-ethyl adjacent to an activating group) is 1. The first-order valence-corrected chi connectivity index (χ1v) is 13.0. The molecule has 0 spiro atoms. The van der Waals surface area contributed by atoms with Crippen LogP contribution >= 0.6 is 0 Å². The van der Waals surface area contributed by atoms with Crippen molar-refractivity contribution in [1.82, 2.24) is 24.2 Å². The van der Waals surface area contributed by atoms with Gasteiger partial charge < -0.3 is 14.7 Å². The van der Waals surface area contributed by atoms with Crippen molar-refractivity contribution < 1.29 is 23.1 Å².